The summed E-state index contributed by atoms with van der Waals surface area (Å²) in [7, 11) is -3.16. The summed E-state index contributed by atoms with van der Waals surface area (Å²) in [6, 6.07) is 4.65. The van der Waals surface area contributed by atoms with Gasteiger partial charge >= 0.3 is 0 Å². The van der Waals surface area contributed by atoms with E-state index in [9.17, 15) is 13.2 Å². The predicted octanol–water partition coefficient (Wildman–Crippen LogP) is 2.55. The minimum absolute atomic E-state index is 0.184. The monoisotopic (exact) mass is 336 g/mol. The molecule has 3 nitrogen and oxygen atoms in total. The van der Waals surface area contributed by atoms with Crippen LogP contribution < -0.4 is 0 Å². The molecule has 1 aromatic carbocycles. The zero-order valence-corrected chi connectivity index (χ0v) is 12.0. The normalized spacial score (nSPS) is 19.4. The van der Waals surface area contributed by atoms with E-state index in [2.05, 4.69) is 15.9 Å². The first-order chi connectivity index (χ1) is 7.92. The standard InChI is InChI=1S/C11H10BrClO3S/c12-11(13)10(14)8-3-4-9-7(6-8)2-1-5-17(9,15)16/h3-4,6,11H,1-2,5H2. The molecule has 0 bridgehead atoms. The summed E-state index contributed by atoms with van der Waals surface area (Å²) < 4.78 is 22.8. The van der Waals surface area contributed by atoms with Crippen LogP contribution in [0.4, 0.5) is 0 Å². The molecular formula is C11H10BrClO3S. The molecule has 92 valence electrons. The number of benzene rings is 1. The first kappa shape index (κ1) is 13.1. The number of alkyl halides is 2. The van der Waals surface area contributed by atoms with Gasteiger partial charge in [0.15, 0.2) is 19.9 Å². The molecule has 1 heterocycles. The van der Waals surface area contributed by atoms with Crippen molar-refractivity contribution < 1.29 is 13.2 Å². The highest BCUT2D eigenvalue weighted by Crippen LogP contribution is 2.27. The Bertz CT molecular complexity index is 566. The molecule has 1 aliphatic heterocycles. The van der Waals surface area contributed by atoms with Gasteiger partial charge in [0.25, 0.3) is 0 Å². The number of halogens is 2. The molecule has 1 aliphatic rings. The van der Waals surface area contributed by atoms with Crippen molar-refractivity contribution in [3.8, 4) is 0 Å². The number of ketones is 1. The molecule has 1 aromatic rings. The topological polar surface area (TPSA) is 51.2 Å². The zero-order valence-electron chi connectivity index (χ0n) is 8.82. The lowest BCUT2D eigenvalue weighted by atomic mass is 10.0. The van der Waals surface area contributed by atoms with Crippen molar-refractivity contribution in [3.05, 3.63) is 29.3 Å². The Kier molecular flexibility index (Phi) is 3.61. The highest BCUT2D eigenvalue weighted by Gasteiger charge is 2.25. The van der Waals surface area contributed by atoms with Crippen molar-refractivity contribution in [1.82, 2.24) is 0 Å². The highest BCUT2D eigenvalue weighted by atomic mass is 79.9. The van der Waals surface area contributed by atoms with E-state index in [0.717, 1.165) is 0 Å². The molecule has 1 atom stereocenters. The quantitative estimate of drug-likeness (QED) is 0.615. The van der Waals surface area contributed by atoms with E-state index in [1.165, 1.54) is 12.1 Å². The first-order valence-corrected chi connectivity index (χ1v) is 8.10. The second-order valence-electron chi connectivity index (χ2n) is 3.91. The second-order valence-corrected chi connectivity index (χ2v) is 7.87. The van der Waals surface area contributed by atoms with Crippen LogP contribution in [0.5, 0.6) is 0 Å². The van der Waals surface area contributed by atoms with Gasteiger partial charge in [0.2, 0.25) is 0 Å². The summed E-state index contributed by atoms with van der Waals surface area (Å²) in [6.07, 6.45) is 1.29. The van der Waals surface area contributed by atoms with E-state index in [1.807, 2.05) is 0 Å². The molecule has 0 spiro atoms. The average Bonchev–Trinajstić information content (AvgIpc) is 2.27. The number of fused-ring (bicyclic) bond motifs is 1. The van der Waals surface area contributed by atoms with Gasteiger partial charge < -0.3 is 0 Å². The lowest BCUT2D eigenvalue weighted by Gasteiger charge is -2.16. The molecular weight excluding hydrogens is 328 g/mol. The molecule has 0 amide bonds. The van der Waals surface area contributed by atoms with E-state index in [-0.39, 0.29) is 11.5 Å². The molecule has 2 rings (SSSR count). The zero-order chi connectivity index (χ0) is 12.6. The van der Waals surface area contributed by atoms with Crippen LogP contribution in [0.2, 0.25) is 0 Å². The van der Waals surface area contributed by atoms with Crippen LogP contribution in [0.15, 0.2) is 23.1 Å². The Morgan fingerprint density at radius 2 is 2.12 bits per heavy atom. The number of Topliss-reactive ketones (excluding diaryl/α,β-unsaturated/α-hetero) is 1. The number of hydrogen-bond acceptors (Lipinski definition) is 3. The summed E-state index contributed by atoms with van der Waals surface area (Å²) in [6.45, 7) is 0. The number of rotatable bonds is 2. The Labute approximate surface area is 113 Å². The Morgan fingerprint density at radius 1 is 1.41 bits per heavy atom. The number of sulfone groups is 1. The van der Waals surface area contributed by atoms with Gasteiger partial charge in [-0.15, -0.1) is 11.6 Å². The van der Waals surface area contributed by atoms with E-state index < -0.39 is 14.1 Å². The van der Waals surface area contributed by atoms with Gasteiger partial charge in [-0.05, 0) is 30.5 Å². The Morgan fingerprint density at radius 3 is 2.76 bits per heavy atom. The molecule has 0 aromatic heterocycles. The van der Waals surface area contributed by atoms with Gasteiger partial charge in [0.05, 0.1) is 10.6 Å². The molecule has 0 saturated carbocycles. The molecule has 0 N–H and O–H groups in total. The summed E-state index contributed by atoms with van der Waals surface area (Å²) in [5.74, 6) is -0.0680. The predicted molar refractivity (Wildman–Crippen MR) is 69.7 cm³/mol. The van der Waals surface area contributed by atoms with Gasteiger partial charge in [-0.2, -0.15) is 0 Å². The third-order valence-electron chi connectivity index (χ3n) is 2.74. The van der Waals surface area contributed by atoms with E-state index in [0.29, 0.717) is 28.9 Å². The van der Waals surface area contributed by atoms with Gasteiger partial charge in [-0.3, -0.25) is 4.79 Å². The van der Waals surface area contributed by atoms with Crippen LogP contribution >= 0.6 is 27.5 Å². The maximum atomic E-state index is 11.8. The van der Waals surface area contributed by atoms with Gasteiger partial charge in [0.1, 0.15) is 0 Å². The molecule has 0 radical (unpaired) electrons. The summed E-state index contributed by atoms with van der Waals surface area (Å²) >= 11 is 8.64. The van der Waals surface area contributed by atoms with Crippen LogP contribution in [0.25, 0.3) is 0 Å². The van der Waals surface area contributed by atoms with Gasteiger partial charge in [-0.25, -0.2) is 8.42 Å². The average molecular weight is 338 g/mol. The Balaban J connectivity index is 2.49. The molecule has 1 unspecified atom stereocenters. The molecule has 17 heavy (non-hydrogen) atoms. The minimum Gasteiger partial charge on any atom is -0.292 e. The largest absolute Gasteiger partial charge is 0.292 e. The molecule has 0 fully saturated rings. The third kappa shape index (κ3) is 2.56. The SMILES string of the molecule is O=C(c1ccc2c(c1)CCCS2(=O)=O)C(Cl)Br. The maximum absolute atomic E-state index is 11.8. The lowest BCUT2D eigenvalue weighted by molar-refractivity contribution is 0.101. The minimum atomic E-state index is -3.16. The highest BCUT2D eigenvalue weighted by molar-refractivity contribution is 9.10. The molecule has 0 saturated heterocycles. The fourth-order valence-corrected chi connectivity index (χ4v) is 3.89. The van der Waals surface area contributed by atoms with Crippen molar-refractivity contribution in [3.63, 3.8) is 0 Å². The van der Waals surface area contributed by atoms with Crippen LogP contribution in [-0.2, 0) is 16.3 Å². The number of carbonyl (C=O) groups excluding carboxylic acids is 1. The summed E-state index contributed by atoms with van der Waals surface area (Å²) in [5, 5.41) is 0. The van der Waals surface area contributed by atoms with Crippen molar-refractivity contribution >= 4 is 43.2 Å². The van der Waals surface area contributed by atoms with Crippen LogP contribution in [0.1, 0.15) is 22.3 Å². The summed E-state index contributed by atoms with van der Waals surface area (Å²) in [5.41, 5.74) is 1.16. The number of aryl methyl sites for hydroxylation is 1. The number of carbonyl (C=O) groups is 1. The first-order valence-electron chi connectivity index (χ1n) is 5.10. The number of hydrogen-bond donors (Lipinski definition) is 0. The second kappa shape index (κ2) is 4.71. The smallest absolute Gasteiger partial charge is 0.191 e. The third-order valence-corrected chi connectivity index (χ3v) is 5.25. The van der Waals surface area contributed by atoms with Crippen molar-refractivity contribution in [2.24, 2.45) is 0 Å². The lowest BCUT2D eigenvalue weighted by Crippen LogP contribution is -2.17. The van der Waals surface area contributed by atoms with Crippen molar-refractivity contribution in [2.45, 2.75) is 22.0 Å². The van der Waals surface area contributed by atoms with Crippen molar-refractivity contribution in [1.29, 1.82) is 0 Å². The molecule has 0 aliphatic carbocycles. The Hall–Kier alpha value is -0.390. The van der Waals surface area contributed by atoms with E-state index >= 15 is 0 Å². The van der Waals surface area contributed by atoms with Crippen LogP contribution in [-0.4, -0.2) is 24.2 Å². The van der Waals surface area contributed by atoms with Crippen molar-refractivity contribution in [2.75, 3.05) is 5.75 Å². The summed E-state index contributed by atoms with van der Waals surface area (Å²) in [4.78, 5) is 12.0. The maximum Gasteiger partial charge on any atom is 0.191 e. The van der Waals surface area contributed by atoms with E-state index in [1.54, 1.807) is 6.07 Å². The van der Waals surface area contributed by atoms with Crippen LogP contribution in [0.3, 0.4) is 0 Å². The fourth-order valence-electron chi connectivity index (χ4n) is 1.92. The van der Waals surface area contributed by atoms with Gasteiger partial charge in [0, 0.05) is 5.56 Å². The van der Waals surface area contributed by atoms with Gasteiger partial charge in [-0.1, -0.05) is 22.0 Å². The van der Waals surface area contributed by atoms with Crippen LogP contribution in [0, 0.1) is 0 Å². The fraction of sp³-hybridized carbons (Fsp3) is 0.364. The molecule has 6 heteroatoms. The van der Waals surface area contributed by atoms with E-state index in [4.69, 9.17) is 11.6 Å².